The summed E-state index contributed by atoms with van der Waals surface area (Å²) in [5.74, 6) is -0.261. The van der Waals surface area contributed by atoms with E-state index in [-0.39, 0.29) is 11.5 Å². The van der Waals surface area contributed by atoms with Crippen molar-refractivity contribution in [2.45, 2.75) is 33.3 Å². The molecule has 0 spiro atoms. The molecule has 0 bridgehead atoms. The summed E-state index contributed by atoms with van der Waals surface area (Å²) in [6, 6.07) is 7.87. The molecule has 0 saturated heterocycles. The standard InChI is InChI=1S/C14H19NO2/c1-11-7-5-6-8-12(11)9-10-13(16)15-17-14(2,3)4/h5-10H,1-4H3,(H,15,16)/b10-9+. The predicted molar refractivity (Wildman–Crippen MR) is 69.2 cm³/mol. The molecule has 3 nitrogen and oxygen atoms in total. The van der Waals surface area contributed by atoms with Crippen LogP contribution < -0.4 is 5.48 Å². The first kappa shape index (κ1) is 13.5. The Bertz CT molecular complexity index is 416. The number of aryl methyl sites for hydroxylation is 1. The van der Waals surface area contributed by atoms with Crippen molar-refractivity contribution in [2.75, 3.05) is 0 Å². The van der Waals surface area contributed by atoms with Gasteiger partial charge in [0.25, 0.3) is 5.91 Å². The van der Waals surface area contributed by atoms with Crippen LogP contribution in [0, 0.1) is 6.92 Å². The Kier molecular flexibility index (Phi) is 4.46. The van der Waals surface area contributed by atoms with Gasteiger partial charge in [0.05, 0.1) is 5.60 Å². The summed E-state index contributed by atoms with van der Waals surface area (Å²) in [7, 11) is 0. The van der Waals surface area contributed by atoms with Crippen molar-refractivity contribution in [3.8, 4) is 0 Å². The summed E-state index contributed by atoms with van der Waals surface area (Å²) < 4.78 is 0. The highest BCUT2D eigenvalue weighted by Gasteiger charge is 2.11. The Morgan fingerprint density at radius 1 is 1.29 bits per heavy atom. The zero-order chi connectivity index (χ0) is 12.9. The molecular formula is C14H19NO2. The molecule has 3 heteroatoms. The summed E-state index contributed by atoms with van der Waals surface area (Å²) >= 11 is 0. The second-order valence-electron chi connectivity index (χ2n) is 4.87. The van der Waals surface area contributed by atoms with E-state index in [4.69, 9.17) is 4.84 Å². The number of carbonyl (C=O) groups is 1. The van der Waals surface area contributed by atoms with Gasteiger partial charge in [0.15, 0.2) is 0 Å². The predicted octanol–water partition coefficient (Wildman–Crippen LogP) is 2.85. The smallest absolute Gasteiger partial charge is 0.267 e. The number of rotatable bonds is 3. The van der Waals surface area contributed by atoms with E-state index in [9.17, 15) is 4.79 Å². The number of hydroxylamine groups is 1. The van der Waals surface area contributed by atoms with Crippen LogP contribution in [0.5, 0.6) is 0 Å². The number of amides is 1. The van der Waals surface area contributed by atoms with Gasteiger partial charge in [-0.25, -0.2) is 5.48 Å². The van der Waals surface area contributed by atoms with E-state index in [1.165, 1.54) is 6.08 Å². The lowest BCUT2D eigenvalue weighted by molar-refractivity contribution is -0.140. The molecule has 1 N–H and O–H groups in total. The third-order valence-corrected chi connectivity index (χ3v) is 2.06. The van der Waals surface area contributed by atoms with Crippen molar-refractivity contribution in [3.05, 3.63) is 41.5 Å². The molecule has 17 heavy (non-hydrogen) atoms. The molecule has 0 aliphatic heterocycles. The van der Waals surface area contributed by atoms with Crippen molar-refractivity contribution < 1.29 is 9.63 Å². The highest BCUT2D eigenvalue weighted by molar-refractivity contribution is 5.91. The Labute approximate surface area is 102 Å². The molecule has 0 radical (unpaired) electrons. The maximum absolute atomic E-state index is 11.5. The molecule has 0 heterocycles. The normalized spacial score (nSPS) is 11.8. The molecule has 0 aliphatic carbocycles. The zero-order valence-corrected chi connectivity index (χ0v) is 10.8. The van der Waals surface area contributed by atoms with Gasteiger partial charge >= 0.3 is 0 Å². The van der Waals surface area contributed by atoms with Crippen LogP contribution in [-0.4, -0.2) is 11.5 Å². The first-order valence-electron chi connectivity index (χ1n) is 5.60. The second-order valence-corrected chi connectivity index (χ2v) is 4.87. The van der Waals surface area contributed by atoms with E-state index in [0.29, 0.717) is 0 Å². The molecule has 0 atom stereocenters. The third kappa shape index (κ3) is 5.31. The minimum atomic E-state index is -0.383. The summed E-state index contributed by atoms with van der Waals surface area (Å²) in [5, 5.41) is 0. The van der Waals surface area contributed by atoms with Gasteiger partial charge in [-0.15, -0.1) is 0 Å². The molecule has 0 unspecified atom stereocenters. The largest absolute Gasteiger partial charge is 0.268 e. The Hall–Kier alpha value is -1.61. The lowest BCUT2D eigenvalue weighted by Gasteiger charge is -2.18. The van der Waals surface area contributed by atoms with E-state index in [2.05, 4.69) is 5.48 Å². The molecule has 1 amide bonds. The quantitative estimate of drug-likeness (QED) is 0.644. The molecule has 0 aliphatic rings. The summed E-state index contributed by atoms with van der Waals surface area (Å²) in [5.41, 5.74) is 4.16. The summed E-state index contributed by atoms with van der Waals surface area (Å²) in [6.07, 6.45) is 3.24. The highest BCUT2D eigenvalue weighted by atomic mass is 16.7. The number of hydrogen-bond acceptors (Lipinski definition) is 2. The van der Waals surface area contributed by atoms with Gasteiger partial charge in [-0.05, 0) is 44.9 Å². The summed E-state index contributed by atoms with van der Waals surface area (Å²) in [6.45, 7) is 7.62. The topological polar surface area (TPSA) is 38.3 Å². The van der Waals surface area contributed by atoms with Crippen LogP contribution in [0.2, 0.25) is 0 Å². The second kappa shape index (κ2) is 5.64. The fraction of sp³-hybridized carbons (Fsp3) is 0.357. The molecule has 92 valence electrons. The van der Waals surface area contributed by atoms with Crippen molar-refractivity contribution in [1.82, 2.24) is 5.48 Å². The molecule has 1 aromatic carbocycles. The highest BCUT2D eigenvalue weighted by Crippen LogP contribution is 2.08. The Morgan fingerprint density at radius 3 is 2.53 bits per heavy atom. The van der Waals surface area contributed by atoms with Crippen molar-refractivity contribution in [2.24, 2.45) is 0 Å². The average molecular weight is 233 g/mol. The van der Waals surface area contributed by atoms with Crippen LogP contribution >= 0.6 is 0 Å². The maximum Gasteiger partial charge on any atom is 0.267 e. The molecule has 0 aromatic heterocycles. The van der Waals surface area contributed by atoms with Gasteiger partial charge in [0.1, 0.15) is 0 Å². The van der Waals surface area contributed by atoms with E-state index in [0.717, 1.165) is 11.1 Å². The third-order valence-electron chi connectivity index (χ3n) is 2.06. The first-order chi connectivity index (χ1) is 7.88. The fourth-order valence-corrected chi connectivity index (χ4v) is 1.18. The SMILES string of the molecule is Cc1ccccc1/C=C/C(=O)NOC(C)(C)C. The minimum absolute atomic E-state index is 0.261. The number of benzene rings is 1. The number of nitrogens with one attached hydrogen (secondary N) is 1. The average Bonchev–Trinajstić information content (AvgIpc) is 2.24. The van der Waals surface area contributed by atoms with Crippen molar-refractivity contribution in [3.63, 3.8) is 0 Å². The van der Waals surface area contributed by atoms with Gasteiger partial charge in [-0.2, -0.15) is 0 Å². The zero-order valence-electron chi connectivity index (χ0n) is 10.8. The van der Waals surface area contributed by atoms with Crippen LogP contribution in [0.3, 0.4) is 0 Å². The summed E-state index contributed by atoms with van der Waals surface area (Å²) in [4.78, 5) is 16.6. The molecule has 1 aromatic rings. The maximum atomic E-state index is 11.5. The number of carbonyl (C=O) groups excluding carboxylic acids is 1. The lowest BCUT2D eigenvalue weighted by atomic mass is 10.1. The van der Waals surface area contributed by atoms with Crippen LogP contribution in [0.25, 0.3) is 6.08 Å². The van der Waals surface area contributed by atoms with Gasteiger partial charge in [-0.1, -0.05) is 24.3 Å². The Balaban J connectivity index is 2.55. The van der Waals surface area contributed by atoms with Gasteiger partial charge in [0.2, 0.25) is 0 Å². The number of hydrogen-bond donors (Lipinski definition) is 1. The molecule has 0 fully saturated rings. The minimum Gasteiger partial charge on any atom is -0.268 e. The van der Waals surface area contributed by atoms with Crippen LogP contribution in [0.4, 0.5) is 0 Å². The van der Waals surface area contributed by atoms with Gasteiger partial charge in [-0.3, -0.25) is 9.63 Å². The first-order valence-corrected chi connectivity index (χ1v) is 5.60. The molecular weight excluding hydrogens is 214 g/mol. The van der Waals surface area contributed by atoms with Crippen LogP contribution in [0.15, 0.2) is 30.3 Å². The van der Waals surface area contributed by atoms with Crippen LogP contribution in [0.1, 0.15) is 31.9 Å². The van der Waals surface area contributed by atoms with E-state index >= 15 is 0 Å². The van der Waals surface area contributed by atoms with Crippen LogP contribution in [-0.2, 0) is 9.63 Å². The van der Waals surface area contributed by atoms with Gasteiger partial charge in [0, 0.05) is 6.08 Å². The van der Waals surface area contributed by atoms with E-state index < -0.39 is 0 Å². The van der Waals surface area contributed by atoms with Crippen molar-refractivity contribution in [1.29, 1.82) is 0 Å². The fourth-order valence-electron chi connectivity index (χ4n) is 1.18. The monoisotopic (exact) mass is 233 g/mol. The molecule has 1 rings (SSSR count). The van der Waals surface area contributed by atoms with E-state index in [1.807, 2.05) is 52.0 Å². The van der Waals surface area contributed by atoms with Crippen molar-refractivity contribution >= 4 is 12.0 Å². The lowest BCUT2D eigenvalue weighted by Crippen LogP contribution is -2.32. The Morgan fingerprint density at radius 2 is 1.94 bits per heavy atom. The van der Waals surface area contributed by atoms with E-state index in [1.54, 1.807) is 6.08 Å². The van der Waals surface area contributed by atoms with Gasteiger partial charge < -0.3 is 0 Å². The molecule has 0 saturated carbocycles.